The molecule has 0 aromatic heterocycles. The maximum absolute atomic E-state index is 11.1. The number of hydrogen-bond donors (Lipinski definition) is 3. The molecule has 3 N–H and O–H groups in total. The van der Waals surface area contributed by atoms with Crippen molar-refractivity contribution in [2.24, 2.45) is 0 Å². The minimum Gasteiger partial charge on any atom is -0.394 e. The number of rotatable bonds is 6. The van der Waals surface area contributed by atoms with Gasteiger partial charge in [0.2, 0.25) is 13.8 Å². The topological polar surface area (TPSA) is 95.5 Å². The number of aliphatic hydroxyl groups excluding tert-OH is 1. The minimum absolute atomic E-state index is 0.0544. The van der Waals surface area contributed by atoms with Crippen molar-refractivity contribution in [1.82, 2.24) is 10.6 Å². The van der Waals surface area contributed by atoms with Gasteiger partial charge in [-0.1, -0.05) is 0 Å². The first-order valence-electron chi connectivity index (χ1n) is 4.38. The molecular formula is C8H13BN2O4. The highest BCUT2D eigenvalue weighted by Crippen LogP contribution is 1.91. The molecule has 0 saturated heterocycles. The van der Waals surface area contributed by atoms with E-state index in [-0.39, 0.29) is 25.4 Å². The summed E-state index contributed by atoms with van der Waals surface area (Å²) in [6.45, 7) is 0.752. The number of ketones is 1. The molecule has 0 spiro atoms. The zero-order valence-electron chi connectivity index (χ0n) is 8.45. The quantitative estimate of drug-likeness (QED) is 0.458. The summed E-state index contributed by atoms with van der Waals surface area (Å²) in [5.41, 5.74) is 0. The second-order valence-electron chi connectivity index (χ2n) is 3.07. The smallest absolute Gasteiger partial charge is 0.239 e. The molecular weight excluding hydrogens is 199 g/mol. The Balaban J connectivity index is 3.90. The van der Waals surface area contributed by atoms with Crippen molar-refractivity contribution in [3.63, 3.8) is 0 Å². The van der Waals surface area contributed by atoms with Crippen LogP contribution in [0, 0.1) is 0 Å². The van der Waals surface area contributed by atoms with Crippen LogP contribution < -0.4 is 10.6 Å². The lowest BCUT2D eigenvalue weighted by molar-refractivity contribution is -0.122. The van der Waals surface area contributed by atoms with Gasteiger partial charge in [-0.05, 0) is 6.92 Å². The molecule has 1 atom stereocenters. The van der Waals surface area contributed by atoms with E-state index in [9.17, 15) is 14.4 Å². The maximum Gasteiger partial charge on any atom is 0.239 e. The fourth-order valence-electron chi connectivity index (χ4n) is 0.954. The van der Waals surface area contributed by atoms with Gasteiger partial charge in [0, 0.05) is 6.42 Å². The van der Waals surface area contributed by atoms with Crippen molar-refractivity contribution in [2.45, 2.75) is 19.4 Å². The summed E-state index contributed by atoms with van der Waals surface area (Å²) in [5, 5.41) is 13.3. The first kappa shape index (κ1) is 13.6. The Kier molecular flexibility index (Phi) is 6.36. The van der Waals surface area contributed by atoms with E-state index >= 15 is 0 Å². The molecule has 0 aliphatic heterocycles. The van der Waals surface area contributed by atoms with Gasteiger partial charge >= 0.3 is 0 Å². The van der Waals surface area contributed by atoms with Gasteiger partial charge in [0.15, 0.2) is 5.81 Å². The zero-order chi connectivity index (χ0) is 11.8. The van der Waals surface area contributed by atoms with Crippen LogP contribution in [0.1, 0.15) is 13.3 Å². The fourth-order valence-corrected chi connectivity index (χ4v) is 0.954. The van der Waals surface area contributed by atoms with Gasteiger partial charge in [-0.3, -0.25) is 14.4 Å². The van der Waals surface area contributed by atoms with E-state index in [1.165, 1.54) is 6.92 Å². The van der Waals surface area contributed by atoms with Crippen LogP contribution in [0.15, 0.2) is 0 Å². The molecule has 0 aromatic rings. The van der Waals surface area contributed by atoms with Crippen LogP contribution in [0.5, 0.6) is 0 Å². The monoisotopic (exact) mass is 212 g/mol. The normalized spacial score (nSPS) is 11.6. The standard InChI is InChI=1S/C8H13BN2O4/c1-5(13)2-6(4-12)11-7(14)3-10-8(9)15/h6,12H,2-4H2,1H3,(H,10,15)(H,11,14). The molecule has 0 rings (SSSR count). The number of Topliss-reactive ketones (excluding diaryl/α,β-unsaturated/α-hetero) is 1. The van der Waals surface area contributed by atoms with Crippen molar-refractivity contribution < 1.29 is 19.5 Å². The molecule has 0 heterocycles. The summed E-state index contributed by atoms with van der Waals surface area (Å²) in [7, 11) is 4.75. The lowest BCUT2D eigenvalue weighted by atomic mass is 10.1. The van der Waals surface area contributed by atoms with Crippen molar-refractivity contribution in [1.29, 1.82) is 0 Å². The van der Waals surface area contributed by atoms with E-state index in [0.29, 0.717) is 0 Å². The summed E-state index contributed by atoms with van der Waals surface area (Å²) < 4.78 is 0. The predicted octanol–water partition coefficient (Wildman–Crippen LogP) is -1.68. The van der Waals surface area contributed by atoms with Gasteiger partial charge in [-0.2, -0.15) is 0 Å². The van der Waals surface area contributed by atoms with E-state index in [1.807, 2.05) is 0 Å². The summed E-state index contributed by atoms with van der Waals surface area (Å²) in [6.07, 6.45) is 0.0544. The molecule has 0 aliphatic rings. The van der Waals surface area contributed by atoms with Crippen LogP contribution in [0.3, 0.4) is 0 Å². The number of hydrogen-bond acceptors (Lipinski definition) is 4. The van der Waals surface area contributed by atoms with Gasteiger partial charge in [0.1, 0.15) is 5.78 Å². The molecule has 2 radical (unpaired) electrons. The average Bonchev–Trinajstić information content (AvgIpc) is 2.13. The lowest BCUT2D eigenvalue weighted by Gasteiger charge is -2.14. The van der Waals surface area contributed by atoms with Gasteiger partial charge < -0.3 is 15.7 Å². The average molecular weight is 212 g/mol. The second-order valence-corrected chi connectivity index (χ2v) is 3.07. The maximum atomic E-state index is 11.1. The van der Waals surface area contributed by atoms with Gasteiger partial charge in [-0.15, -0.1) is 0 Å². The molecule has 0 bridgehead atoms. The number of carbonyl (C=O) groups is 3. The van der Waals surface area contributed by atoms with Crippen molar-refractivity contribution in [2.75, 3.05) is 13.2 Å². The summed E-state index contributed by atoms with van der Waals surface area (Å²) in [4.78, 5) is 32.1. The lowest BCUT2D eigenvalue weighted by Crippen LogP contribution is -2.44. The number of aliphatic hydroxyl groups is 1. The largest absolute Gasteiger partial charge is 0.394 e. The first-order chi connectivity index (χ1) is 6.95. The van der Waals surface area contributed by atoms with Crippen molar-refractivity contribution >= 4 is 25.3 Å². The Morgan fingerprint density at radius 1 is 1.40 bits per heavy atom. The van der Waals surface area contributed by atoms with Crippen LogP contribution in [0.4, 0.5) is 4.79 Å². The van der Waals surface area contributed by atoms with Crippen LogP contribution in [-0.2, 0) is 9.59 Å². The predicted molar refractivity (Wildman–Crippen MR) is 53.5 cm³/mol. The Hall–Kier alpha value is -1.37. The van der Waals surface area contributed by atoms with Crippen LogP contribution >= 0.6 is 0 Å². The zero-order valence-corrected chi connectivity index (χ0v) is 8.45. The molecule has 7 heteroatoms. The van der Waals surface area contributed by atoms with E-state index in [0.717, 1.165) is 0 Å². The highest BCUT2D eigenvalue weighted by atomic mass is 16.3. The van der Waals surface area contributed by atoms with Crippen LogP contribution in [-0.4, -0.2) is 49.6 Å². The van der Waals surface area contributed by atoms with Crippen molar-refractivity contribution in [3.05, 3.63) is 0 Å². The molecule has 0 aromatic carbocycles. The third-order valence-electron chi connectivity index (χ3n) is 1.54. The Labute approximate surface area is 88.8 Å². The number of carbonyl (C=O) groups excluding carboxylic acids is 3. The number of nitrogens with one attached hydrogen (secondary N) is 2. The summed E-state index contributed by atoms with van der Waals surface area (Å²) in [5.74, 6) is -1.46. The third kappa shape index (κ3) is 7.69. The Bertz CT molecular complexity index is 257. The van der Waals surface area contributed by atoms with E-state index in [2.05, 4.69) is 10.6 Å². The number of amides is 2. The first-order valence-corrected chi connectivity index (χ1v) is 4.38. The van der Waals surface area contributed by atoms with E-state index in [1.54, 1.807) is 0 Å². The van der Waals surface area contributed by atoms with Crippen molar-refractivity contribution in [3.8, 4) is 0 Å². The minimum atomic E-state index is -0.808. The van der Waals surface area contributed by atoms with Gasteiger partial charge in [0.25, 0.3) is 0 Å². The fraction of sp³-hybridized carbons (Fsp3) is 0.625. The third-order valence-corrected chi connectivity index (χ3v) is 1.54. The summed E-state index contributed by atoms with van der Waals surface area (Å²) >= 11 is 0. The molecule has 6 nitrogen and oxygen atoms in total. The van der Waals surface area contributed by atoms with Crippen LogP contribution in [0.2, 0.25) is 0 Å². The summed E-state index contributed by atoms with van der Waals surface area (Å²) in [6, 6.07) is -0.621. The molecule has 0 fully saturated rings. The van der Waals surface area contributed by atoms with E-state index in [4.69, 9.17) is 13.0 Å². The highest BCUT2D eigenvalue weighted by Gasteiger charge is 2.13. The molecule has 15 heavy (non-hydrogen) atoms. The SMILES string of the molecule is [B]C(=O)NCC(=O)NC(CO)CC(C)=O. The highest BCUT2D eigenvalue weighted by molar-refractivity contribution is 6.57. The van der Waals surface area contributed by atoms with E-state index < -0.39 is 17.8 Å². The molecule has 82 valence electrons. The Morgan fingerprint density at radius 3 is 2.40 bits per heavy atom. The Morgan fingerprint density at radius 2 is 2.00 bits per heavy atom. The molecule has 0 saturated carbocycles. The van der Waals surface area contributed by atoms with Gasteiger partial charge in [0.05, 0.1) is 19.2 Å². The molecule has 1 unspecified atom stereocenters. The molecule has 0 aliphatic carbocycles. The molecule has 2 amide bonds. The second kappa shape index (κ2) is 7.00. The van der Waals surface area contributed by atoms with Gasteiger partial charge in [-0.25, -0.2) is 0 Å². The van der Waals surface area contributed by atoms with Crippen LogP contribution in [0.25, 0.3) is 0 Å².